The summed E-state index contributed by atoms with van der Waals surface area (Å²) >= 11 is 6.17. The predicted molar refractivity (Wildman–Crippen MR) is 259 cm³/mol. The first-order valence-electron chi connectivity index (χ1n) is 23.5. The monoisotopic (exact) mass is 986 g/mol. The number of carbonyl (C=O) groups excluding carboxylic acids is 7. The fourth-order valence-corrected chi connectivity index (χ4v) is 7.89. The fraction of sp³-hybridized carbons (Fsp3) is 0.609. The van der Waals surface area contributed by atoms with Crippen LogP contribution in [0.3, 0.4) is 0 Å². The van der Waals surface area contributed by atoms with Crippen LogP contribution in [0, 0.1) is 17.8 Å². The lowest BCUT2D eigenvalue weighted by atomic mass is 9.96. The molecule has 0 saturated carbocycles. The van der Waals surface area contributed by atoms with Crippen LogP contribution in [0.1, 0.15) is 91.3 Å². The minimum atomic E-state index is -1.31. The number of likely N-dealkylation sites (N-methyl/N-ethyl adjacent to an activating group) is 1. The van der Waals surface area contributed by atoms with Gasteiger partial charge in [-0.1, -0.05) is 78.1 Å². The standard InChI is InChI=1S/C46H72ClN13O9/c1-8-26(5)37(43(66)56-33(21-30-22-51-24-53-30)44(67)60-19-11-13-34(60)41(64)59-38(45(68)69)27(6)9-2)58-40(63)32(20-28-14-16-29(47)17-15-28)55-42(65)36(25(3)4)57-39(62)31(54-35(61)23-50-7)12-10-18-52-46(48)49/h14-17,22,24-27,31-34,36-38,50H,8-13,18-21,23H2,1-7H3,(H,51,53)(H,54,61)(H,55,65)(H,56,66)(H,57,62)(H,58,63)(H,59,64)(H,68,69)(H4,48,49,52)/t26-,27-,31-,32-,33-,34-,36-,37-,38-/m0/s1. The van der Waals surface area contributed by atoms with Crippen molar-refractivity contribution in [3.63, 3.8) is 0 Å². The quantitative estimate of drug-likeness (QED) is 0.0301. The van der Waals surface area contributed by atoms with Crippen molar-refractivity contribution in [2.75, 3.05) is 26.7 Å². The molecule has 1 aliphatic rings. The van der Waals surface area contributed by atoms with E-state index in [1.807, 2.05) is 13.8 Å². The van der Waals surface area contributed by atoms with Crippen LogP contribution < -0.4 is 48.7 Å². The van der Waals surface area contributed by atoms with Gasteiger partial charge in [0, 0.05) is 42.8 Å². The lowest BCUT2D eigenvalue weighted by molar-refractivity contribution is -0.146. The number of carbonyl (C=O) groups is 8. The Labute approximate surface area is 408 Å². The van der Waals surface area contributed by atoms with E-state index in [-0.39, 0.29) is 57.2 Å². The molecule has 1 aliphatic heterocycles. The van der Waals surface area contributed by atoms with Gasteiger partial charge in [0.05, 0.1) is 12.9 Å². The average Bonchev–Trinajstić information content (AvgIpc) is 4.02. The lowest BCUT2D eigenvalue weighted by Gasteiger charge is -2.32. The Morgan fingerprint density at radius 3 is 2.00 bits per heavy atom. The number of rotatable bonds is 28. The van der Waals surface area contributed by atoms with Gasteiger partial charge >= 0.3 is 5.97 Å². The molecule has 22 nitrogen and oxygen atoms in total. The Bertz CT molecular complexity index is 2070. The molecule has 0 radical (unpaired) electrons. The molecule has 0 aliphatic carbocycles. The highest BCUT2D eigenvalue weighted by atomic mass is 35.5. The Kier molecular flexibility index (Phi) is 23.4. The Balaban J connectivity index is 1.92. The van der Waals surface area contributed by atoms with Gasteiger partial charge in [0.2, 0.25) is 41.4 Å². The van der Waals surface area contributed by atoms with E-state index in [1.165, 1.54) is 17.4 Å². The second-order valence-corrected chi connectivity index (χ2v) is 18.3. The lowest BCUT2D eigenvalue weighted by Crippen LogP contribution is -2.62. The molecule has 1 saturated heterocycles. The molecule has 3 rings (SSSR count). The first kappa shape index (κ1) is 57.0. The summed E-state index contributed by atoms with van der Waals surface area (Å²) in [5.74, 6) is -7.21. The van der Waals surface area contributed by atoms with Gasteiger partial charge in [-0.3, -0.25) is 38.6 Å². The summed E-state index contributed by atoms with van der Waals surface area (Å²) in [7, 11) is 1.57. The number of nitrogens with zero attached hydrogens (tertiary/aromatic N) is 3. The van der Waals surface area contributed by atoms with Gasteiger partial charge in [-0.15, -0.1) is 0 Å². The number of H-pyrrole nitrogens is 1. The number of hydrogen-bond donors (Lipinski definition) is 11. The highest BCUT2D eigenvalue weighted by molar-refractivity contribution is 6.30. The molecule has 2 aromatic rings. The van der Waals surface area contributed by atoms with Gasteiger partial charge in [-0.2, -0.15) is 0 Å². The molecule has 1 fully saturated rings. The third-order valence-corrected chi connectivity index (χ3v) is 12.4. The Morgan fingerprint density at radius 1 is 0.812 bits per heavy atom. The van der Waals surface area contributed by atoms with E-state index in [0.717, 1.165) is 0 Å². The Morgan fingerprint density at radius 2 is 1.42 bits per heavy atom. The van der Waals surface area contributed by atoms with E-state index in [2.05, 4.69) is 52.2 Å². The number of carboxylic acid groups (broad SMARTS) is 1. The van der Waals surface area contributed by atoms with Crippen LogP contribution in [0.25, 0.3) is 0 Å². The fourth-order valence-electron chi connectivity index (χ4n) is 7.76. The summed E-state index contributed by atoms with van der Waals surface area (Å²) < 4.78 is 0. The molecule has 69 heavy (non-hydrogen) atoms. The van der Waals surface area contributed by atoms with Crippen LogP contribution in [-0.4, -0.2) is 142 Å². The number of nitrogens with one attached hydrogen (secondary N) is 8. The summed E-state index contributed by atoms with van der Waals surface area (Å²) in [6.07, 6.45) is 4.87. The molecule has 0 spiro atoms. The largest absolute Gasteiger partial charge is 0.480 e. The number of carboxylic acids is 1. The molecule has 1 aromatic carbocycles. The van der Waals surface area contributed by atoms with E-state index in [1.54, 1.807) is 59.0 Å². The summed E-state index contributed by atoms with van der Waals surface area (Å²) in [5, 5.41) is 29.5. The number of nitrogens with two attached hydrogens (primary N) is 2. The van der Waals surface area contributed by atoms with E-state index in [9.17, 15) is 43.5 Å². The Hall–Kier alpha value is -6.29. The van der Waals surface area contributed by atoms with Crippen molar-refractivity contribution in [3.05, 3.63) is 53.1 Å². The number of likely N-dealkylation sites (tertiary alicyclic amines) is 1. The van der Waals surface area contributed by atoms with Crippen molar-refractivity contribution in [2.24, 2.45) is 34.2 Å². The second kappa shape index (κ2) is 28.3. The molecule has 1 aromatic heterocycles. The van der Waals surface area contributed by atoms with Gasteiger partial charge < -0.3 is 63.7 Å². The molecule has 0 bridgehead atoms. The average molecular weight is 987 g/mol. The van der Waals surface area contributed by atoms with E-state index in [0.29, 0.717) is 42.0 Å². The maximum atomic E-state index is 14.5. The van der Waals surface area contributed by atoms with Gasteiger partial charge in [0.1, 0.15) is 42.3 Å². The number of imidazole rings is 1. The van der Waals surface area contributed by atoms with Crippen LogP contribution in [0.4, 0.5) is 0 Å². The number of halogens is 1. The number of guanidine groups is 1. The number of aliphatic imine (C=N–C) groups is 1. The first-order valence-corrected chi connectivity index (χ1v) is 23.8. The number of amides is 7. The van der Waals surface area contributed by atoms with Crippen molar-refractivity contribution in [2.45, 2.75) is 135 Å². The van der Waals surface area contributed by atoms with Crippen LogP contribution in [-0.2, 0) is 51.2 Å². The van der Waals surface area contributed by atoms with Gasteiger partial charge in [0.25, 0.3) is 0 Å². The van der Waals surface area contributed by atoms with E-state index in [4.69, 9.17) is 23.1 Å². The minimum absolute atomic E-state index is 0.0605. The summed E-state index contributed by atoms with van der Waals surface area (Å²) in [6, 6.07) is -1.61. The molecule has 23 heteroatoms. The van der Waals surface area contributed by atoms with Crippen LogP contribution in [0.5, 0.6) is 0 Å². The molecule has 2 heterocycles. The van der Waals surface area contributed by atoms with Crippen molar-refractivity contribution < 1.29 is 43.5 Å². The number of aromatic amines is 1. The molecule has 9 atom stereocenters. The maximum absolute atomic E-state index is 14.5. The smallest absolute Gasteiger partial charge is 0.326 e. The number of aromatic nitrogens is 2. The van der Waals surface area contributed by atoms with Crippen LogP contribution in [0.2, 0.25) is 5.02 Å². The summed E-state index contributed by atoms with van der Waals surface area (Å²) in [5.41, 5.74) is 12.0. The van der Waals surface area contributed by atoms with Crippen molar-refractivity contribution >= 4 is 64.9 Å². The summed E-state index contributed by atoms with van der Waals surface area (Å²) in [4.78, 5) is 122. The number of benzene rings is 1. The van der Waals surface area contributed by atoms with E-state index < -0.39 is 101 Å². The normalized spacial score (nSPS) is 16.9. The van der Waals surface area contributed by atoms with E-state index >= 15 is 0 Å². The van der Waals surface area contributed by atoms with Crippen LogP contribution in [0.15, 0.2) is 41.8 Å². The highest BCUT2D eigenvalue weighted by Crippen LogP contribution is 2.22. The van der Waals surface area contributed by atoms with Gasteiger partial charge in [0.15, 0.2) is 5.96 Å². The minimum Gasteiger partial charge on any atom is -0.480 e. The molecule has 0 unspecified atom stereocenters. The summed E-state index contributed by atoms with van der Waals surface area (Å²) in [6.45, 7) is 10.8. The highest BCUT2D eigenvalue weighted by Gasteiger charge is 2.41. The molecule has 7 amide bonds. The molecule has 13 N–H and O–H groups in total. The predicted octanol–water partition coefficient (Wildman–Crippen LogP) is -0.146. The van der Waals surface area contributed by atoms with Gasteiger partial charge in [-0.05, 0) is 68.2 Å². The zero-order valence-electron chi connectivity index (χ0n) is 40.6. The number of hydrogen-bond acceptors (Lipinski definition) is 11. The number of aliphatic carboxylic acids is 1. The molecular formula is C46H72ClN13O9. The SMILES string of the molecule is CC[C@H](C)[C@H](NC(=O)[C@@H]1CCCN1C(=O)[C@H](Cc1cnc[nH]1)NC(=O)[C@@H](NC(=O)[C@H](Cc1ccc(Cl)cc1)NC(=O)[C@@H](NC(=O)[C@H](CCCN=C(N)N)NC(=O)CNC)C(C)C)[C@@H](C)CC)C(=O)O. The van der Waals surface area contributed by atoms with Crippen molar-refractivity contribution in [3.8, 4) is 0 Å². The third kappa shape index (κ3) is 18.0. The zero-order chi connectivity index (χ0) is 51.4. The van der Waals surface area contributed by atoms with Gasteiger partial charge in [-0.25, -0.2) is 9.78 Å². The van der Waals surface area contributed by atoms with Crippen molar-refractivity contribution in [1.82, 2.24) is 52.1 Å². The molecular weight excluding hydrogens is 914 g/mol. The first-order chi connectivity index (χ1) is 32.7. The third-order valence-electron chi connectivity index (χ3n) is 12.2. The maximum Gasteiger partial charge on any atom is 0.326 e. The van der Waals surface area contributed by atoms with Crippen LogP contribution >= 0.6 is 11.6 Å². The van der Waals surface area contributed by atoms with Crippen molar-refractivity contribution in [1.29, 1.82) is 0 Å². The topological polar surface area (TPSA) is 337 Å². The second-order valence-electron chi connectivity index (χ2n) is 17.8. The zero-order valence-corrected chi connectivity index (χ0v) is 41.4. The molecule has 382 valence electrons.